The molecule has 1 aromatic rings. The number of ether oxygens (including phenoxy) is 1. The van der Waals surface area contributed by atoms with Crippen molar-refractivity contribution in [2.75, 3.05) is 19.6 Å². The molecule has 9 heteroatoms. The van der Waals surface area contributed by atoms with Crippen LogP contribution in [0.3, 0.4) is 0 Å². The second-order valence-electron chi connectivity index (χ2n) is 8.35. The summed E-state index contributed by atoms with van der Waals surface area (Å²) < 4.78 is 32.2. The van der Waals surface area contributed by atoms with Crippen molar-refractivity contribution in [3.63, 3.8) is 0 Å². The molecule has 2 amide bonds. The van der Waals surface area contributed by atoms with Gasteiger partial charge in [-0.3, -0.25) is 4.79 Å². The summed E-state index contributed by atoms with van der Waals surface area (Å²) in [5, 5.41) is 5.25. The zero-order valence-electron chi connectivity index (χ0n) is 17.7. The highest BCUT2D eigenvalue weighted by molar-refractivity contribution is 7.89. The quantitative estimate of drug-likeness (QED) is 0.752. The molecule has 162 valence electrons. The van der Waals surface area contributed by atoms with E-state index < -0.39 is 21.7 Å². The Labute approximate surface area is 173 Å². The van der Waals surface area contributed by atoms with Crippen LogP contribution in [0.5, 0.6) is 0 Å². The van der Waals surface area contributed by atoms with E-state index in [0.29, 0.717) is 30.8 Å². The molecular weight excluding hydrogens is 394 g/mol. The number of hydrogen-bond donors (Lipinski definition) is 2. The largest absolute Gasteiger partial charge is 0.444 e. The molecule has 2 rings (SSSR count). The summed E-state index contributed by atoms with van der Waals surface area (Å²) >= 11 is 0. The number of rotatable bonds is 5. The number of benzene rings is 1. The van der Waals surface area contributed by atoms with Gasteiger partial charge < -0.3 is 15.4 Å². The van der Waals surface area contributed by atoms with E-state index in [9.17, 15) is 18.0 Å². The Hall–Kier alpha value is -2.13. The van der Waals surface area contributed by atoms with Crippen LogP contribution in [-0.2, 0) is 19.6 Å². The molecule has 29 heavy (non-hydrogen) atoms. The molecule has 1 aliphatic heterocycles. The van der Waals surface area contributed by atoms with Crippen LogP contribution in [0.25, 0.3) is 0 Å². The van der Waals surface area contributed by atoms with E-state index in [0.717, 1.165) is 11.1 Å². The van der Waals surface area contributed by atoms with Gasteiger partial charge in [-0.2, -0.15) is 4.31 Å². The van der Waals surface area contributed by atoms with Crippen molar-refractivity contribution in [2.24, 2.45) is 0 Å². The lowest BCUT2D eigenvalue weighted by atomic mass is 10.1. The van der Waals surface area contributed by atoms with Crippen molar-refractivity contribution >= 4 is 22.0 Å². The molecule has 2 N–H and O–H groups in total. The van der Waals surface area contributed by atoms with Crippen LogP contribution in [0.2, 0.25) is 0 Å². The van der Waals surface area contributed by atoms with Gasteiger partial charge in [-0.25, -0.2) is 13.2 Å². The van der Waals surface area contributed by atoms with E-state index >= 15 is 0 Å². The number of nitrogens with one attached hydrogen (secondary N) is 2. The normalized spacial score (nSPS) is 16.3. The van der Waals surface area contributed by atoms with Gasteiger partial charge in [0, 0.05) is 19.1 Å². The van der Waals surface area contributed by atoms with Crippen LogP contribution < -0.4 is 10.6 Å². The third-order valence-electron chi connectivity index (χ3n) is 4.73. The molecule has 1 fully saturated rings. The van der Waals surface area contributed by atoms with Crippen LogP contribution in [0.1, 0.15) is 44.7 Å². The van der Waals surface area contributed by atoms with Crippen LogP contribution >= 0.6 is 0 Å². The van der Waals surface area contributed by atoms with Crippen molar-refractivity contribution in [3.8, 4) is 0 Å². The van der Waals surface area contributed by atoms with Crippen LogP contribution in [0.15, 0.2) is 23.1 Å². The maximum atomic E-state index is 12.8. The number of nitrogens with zero attached hydrogens (tertiary/aromatic N) is 1. The highest BCUT2D eigenvalue weighted by Crippen LogP contribution is 2.22. The first-order valence-electron chi connectivity index (χ1n) is 9.72. The number of carbonyl (C=O) groups excluding carboxylic acids is 2. The Bertz CT molecular complexity index is 853. The Kier molecular flexibility index (Phi) is 7.29. The van der Waals surface area contributed by atoms with E-state index in [-0.39, 0.29) is 18.5 Å². The number of piperidine rings is 1. The Morgan fingerprint density at radius 2 is 1.76 bits per heavy atom. The Balaban J connectivity index is 1.83. The summed E-state index contributed by atoms with van der Waals surface area (Å²) in [5.41, 5.74) is 1.35. The van der Waals surface area contributed by atoms with Crippen LogP contribution in [0, 0.1) is 13.8 Å². The number of carbonyl (C=O) groups is 2. The Morgan fingerprint density at radius 3 is 2.31 bits per heavy atom. The molecule has 1 aliphatic rings. The smallest absolute Gasteiger partial charge is 0.408 e. The standard InChI is InChI=1S/C20H31N3O5S/c1-14-6-7-17(12-15(14)2)29(26,27)23-10-8-16(9-11-23)22-18(24)13-21-19(25)28-20(3,4)5/h6-7,12,16H,8-11,13H2,1-5H3,(H,21,25)(H,22,24). The van der Waals surface area contributed by atoms with Crippen molar-refractivity contribution in [2.45, 2.75) is 64.0 Å². The monoisotopic (exact) mass is 425 g/mol. The molecule has 8 nitrogen and oxygen atoms in total. The zero-order valence-corrected chi connectivity index (χ0v) is 18.6. The van der Waals surface area contributed by atoms with Crippen LogP contribution in [-0.4, -0.2) is 56.0 Å². The molecule has 0 bridgehead atoms. The molecule has 0 unspecified atom stereocenters. The van der Waals surface area contributed by atoms with Crippen molar-refractivity contribution in [1.82, 2.24) is 14.9 Å². The first-order valence-corrected chi connectivity index (χ1v) is 11.2. The summed E-state index contributed by atoms with van der Waals surface area (Å²) in [6.07, 6.45) is 0.381. The van der Waals surface area contributed by atoms with E-state index in [2.05, 4.69) is 10.6 Å². The molecule has 1 heterocycles. The molecule has 0 saturated carbocycles. The summed E-state index contributed by atoms with van der Waals surface area (Å²) in [7, 11) is -3.54. The SMILES string of the molecule is Cc1ccc(S(=O)(=O)N2CCC(NC(=O)CNC(=O)OC(C)(C)C)CC2)cc1C. The minimum absolute atomic E-state index is 0.130. The maximum Gasteiger partial charge on any atom is 0.408 e. The number of aryl methyl sites for hydroxylation is 2. The zero-order chi connectivity index (χ0) is 21.8. The van der Waals surface area contributed by atoms with Gasteiger partial charge in [0.25, 0.3) is 0 Å². The Morgan fingerprint density at radius 1 is 1.14 bits per heavy atom. The topological polar surface area (TPSA) is 105 Å². The van der Waals surface area contributed by atoms with Gasteiger partial charge in [0.2, 0.25) is 15.9 Å². The predicted octanol–water partition coefficient (Wildman–Crippen LogP) is 2.10. The minimum Gasteiger partial charge on any atom is -0.444 e. The molecule has 0 radical (unpaired) electrons. The molecule has 0 atom stereocenters. The average Bonchev–Trinajstić information content (AvgIpc) is 2.61. The lowest BCUT2D eigenvalue weighted by Gasteiger charge is -2.31. The van der Waals surface area contributed by atoms with Gasteiger partial charge in [-0.05, 0) is 70.7 Å². The molecular formula is C20H31N3O5S. The maximum absolute atomic E-state index is 12.8. The minimum atomic E-state index is -3.54. The number of alkyl carbamates (subject to hydrolysis) is 1. The summed E-state index contributed by atoms with van der Waals surface area (Å²) in [6, 6.07) is 5.01. The van der Waals surface area contributed by atoms with Gasteiger partial charge in [0.15, 0.2) is 0 Å². The highest BCUT2D eigenvalue weighted by Gasteiger charge is 2.30. The highest BCUT2D eigenvalue weighted by atomic mass is 32.2. The lowest BCUT2D eigenvalue weighted by Crippen LogP contribution is -2.48. The molecule has 0 spiro atoms. The average molecular weight is 426 g/mol. The third kappa shape index (κ3) is 6.71. The number of sulfonamides is 1. The van der Waals surface area contributed by atoms with Gasteiger partial charge in [-0.1, -0.05) is 6.07 Å². The fourth-order valence-electron chi connectivity index (χ4n) is 3.01. The van der Waals surface area contributed by atoms with E-state index in [1.807, 2.05) is 19.9 Å². The second kappa shape index (κ2) is 9.13. The molecule has 0 aromatic heterocycles. The van der Waals surface area contributed by atoms with E-state index in [4.69, 9.17) is 4.74 Å². The summed E-state index contributed by atoms with van der Waals surface area (Å²) in [4.78, 5) is 23.9. The van der Waals surface area contributed by atoms with Gasteiger partial charge in [-0.15, -0.1) is 0 Å². The number of amides is 2. The third-order valence-corrected chi connectivity index (χ3v) is 6.62. The van der Waals surface area contributed by atoms with Crippen molar-refractivity contribution in [3.05, 3.63) is 29.3 Å². The lowest BCUT2D eigenvalue weighted by molar-refractivity contribution is -0.121. The van der Waals surface area contributed by atoms with Crippen molar-refractivity contribution < 1.29 is 22.7 Å². The van der Waals surface area contributed by atoms with E-state index in [1.165, 1.54) is 4.31 Å². The first-order chi connectivity index (χ1) is 13.4. The molecule has 1 aromatic carbocycles. The van der Waals surface area contributed by atoms with E-state index in [1.54, 1.807) is 32.9 Å². The first kappa shape index (κ1) is 23.2. The van der Waals surface area contributed by atoms with Gasteiger partial charge >= 0.3 is 6.09 Å². The van der Waals surface area contributed by atoms with Crippen LogP contribution in [0.4, 0.5) is 4.79 Å². The van der Waals surface area contributed by atoms with Gasteiger partial charge in [0.1, 0.15) is 12.1 Å². The second-order valence-corrected chi connectivity index (χ2v) is 10.3. The molecule has 0 aliphatic carbocycles. The van der Waals surface area contributed by atoms with Crippen molar-refractivity contribution in [1.29, 1.82) is 0 Å². The fraction of sp³-hybridized carbons (Fsp3) is 0.600. The fourth-order valence-corrected chi connectivity index (χ4v) is 4.56. The van der Waals surface area contributed by atoms with Gasteiger partial charge in [0.05, 0.1) is 4.90 Å². The summed E-state index contributed by atoms with van der Waals surface area (Å²) in [5.74, 6) is -0.327. The number of hydrogen-bond acceptors (Lipinski definition) is 5. The predicted molar refractivity (Wildman–Crippen MR) is 110 cm³/mol. The summed E-state index contributed by atoms with van der Waals surface area (Å²) in [6.45, 7) is 9.54. The molecule has 1 saturated heterocycles.